The smallest absolute Gasteiger partial charge is 0.359 e. The van der Waals surface area contributed by atoms with Gasteiger partial charge in [0, 0.05) is 24.6 Å². The lowest BCUT2D eigenvalue weighted by molar-refractivity contribution is 0.0513. The van der Waals surface area contributed by atoms with Gasteiger partial charge in [-0.15, -0.1) is 0 Å². The molecule has 3 aromatic rings. The average Bonchev–Trinajstić information content (AvgIpc) is 3.13. The van der Waals surface area contributed by atoms with E-state index in [1.807, 2.05) is 30.3 Å². The predicted octanol–water partition coefficient (Wildman–Crippen LogP) is 3.53. The second-order valence-corrected chi connectivity index (χ2v) is 6.84. The Balaban J connectivity index is 1.72. The molecule has 0 aliphatic carbocycles. The zero-order valence-corrected chi connectivity index (χ0v) is 16.3. The molecule has 0 bridgehead atoms. The number of hydrogen-bond donors (Lipinski definition) is 0. The molecular formula is C22H19F2N3O3. The third kappa shape index (κ3) is 3.56. The van der Waals surface area contributed by atoms with E-state index >= 15 is 0 Å². The monoisotopic (exact) mass is 411 g/mol. The maximum atomic E-state index is 14.1. The first-order chi connectivity index (χ1) is 14.5. The Kier molecular flexibility index (Phi) is 5.31. The van der Waals surface area contributed by atoms with Gasteiger partial charge in [0.2, 0.25) is 0 Å². The van der Waals surface area contributed by atoms with Crippen molar-refractivity contribution in [3.05, 3.63) is 82.7 Å². The number of para-hydroxylation sites is 1. The molecule has 1 aromatic heterocycles. The Labute approximate surface area is 171 Å². The molecule has 1 aliphatic heterocycles. The molecule has 6 nitrogen and oxygen atoms in total. The number of benzene rings is 2. The number of ether oxygens (including phenoxy) is 1. The van der Waals surface area contributed by atoms with E-state index in [0.29, 0.717) is 24.6 Å². The Hall–Kier alpha value is -3.55. The van der Waals surface area contributed by atoms with Gasteiger partial charge in [-0.05, 0) is 31.2 Å². The zero-order valence-electron chi connectivity index (χ0n) is 16.3. The lowest BCUT2D eigenvalue weighted by Crippen LogP contribution is -2.37. The van der Waals surface area contributed by atoms with Gasteiger partial charge in [0.05, 0.1) is 30.1 Å². The Morgan fingerprint density at radius 3 is 2.60 bits per heavy atom. The van der Waals surface area contributed by atoms with Gasteiger partial charge in [-0.3, -0.25) is 4.79 Å². The van der Waals surface area contributed by atoms with Gasteiger partial charge in [-0.1, -0.05) is 18.2 Å². The van der Waals surface area contributed by atoms with Gasteiger partial charge in [0.15, 0.2) is 5.69 Å². The van der Waals surface area contributed by atoms with Crippen LogP contribution >= 0.6 is 0 Å². The second-order valence-electron chi connectivity index (χ2n) is 6.84. The third-order valence-corrected chi connectivity index (χ3v) is 4.98. The number of rotatable bonds is 4. The number of carbonyl (C=O) groups excluding carboxylic acids is 2. The molecule has 0 atom stereocenters. The van der Waals surface area contributed by atoms with Gasteiger partial charge in [-0.2, -0.15) is 5.10 Å². The van der Waals surface area contributed by atoms with E-state index in [9.17, 15) is 18.4 Å². The molecule has 8 heteroatoms. The van der Waals surface area contributed by atoms with E-state index < -0.39 is 23.5 Å². The number of nitrogens with zero attached hydrogens (tertiary/aromatic N) is 3. The summed E-state index contributed by atoms with van der Waals surface area (Å²) < 4.78 is 34.1. The topological polar surface area (TPSA) is 64.4 Å². The highest BCUT2D eigenvalue weighted by Gasteiger charge is 2.32. The minimum absolute atomic E-state index is 0.0754. The highest BCUT2D eigenvalue weighted by atomic mass is 19.1. The molecule has 2 aromatic carbocycles. The van der Waals surface area contributed by atoms with E-state index in [2.05, 4.69) is 5.10 Å². The fourth-order valence-corrected chi connectivity index (χ4v) is 3.57. The third-order valence-electron chi connectivity index (χ3n) is 4.98. The second kappa shape index (κ2) is 8.06. The molecule has 0 spiro atoms. The van der Waals surface area contributed by atoms with E-state index in [1.165, 1.54) is 4.90 Å². The lowest BCUT2D eigenvalue weighted by atomic mass is 10.0. The van der Waals surface area contributed by atoms with Crippen LogP contribution in [0.4, 0.5) is 8.78 Å². The lowest BCUT2D eigenvalue weighted by Gasteiger charge is -2.28. The Morgan fingerprint density at radius 2 is 1.90 bits per heavy atom. The molecular weight excluding hydrogens is 392 g/mol. The molecule has 0 fully saturated rings. The maximum absolute atomic E-state index is 14.1. The maximum Gasteiger partial charge on any atom is 0.359 e. The van der Waals surface area contributed by atoms with E-state index in [4.69, 9.17) is 4.74 Å². The standard InChI is InChI=1S/C22H19F2N3O3/c1-2-30-22(29)20-17-13-26(21(28)16-9-8-14(23)12-18(16)24)11-10-19(17)27(25-20)15-6-4-3-5-7-15/h3-9,12H,2,10-11,13H2,1H3. The number of fused-ring (bicyclic) bond motifs is 1. The van der Waals surface area contributed by atoms with Crippen molar-refractivity contribution in [3.63, 3.8) is 0 Å². The van der Waals surface area contributed by atoms with Crippen molar-refractivity contribution in [2.24, 2.45) is 0 Å². The van der Waals surface area contributed by atoms with Crippen LogP contribution < -0.4 is 0 Å². The van der Waals surface area contributed by atoms with E-state index in [0.717, 1.165) is 23.5 Å². The minimum atomic E-state index is -0.920. The average molecular weight is 411 g/mol. The van der Waals surface area contributed by atoms with Gasteiger partial charge in [0.25, 0.3) is 5.91 Å². The summed E-state index contributed by atoms with van der Waals surface area (Å²) in [5.74, 6) is -2.82. The molecule has 1 aliphatic rings. The first-order valence-corrected chi connectivity index (χ1v) is 9.57. The van der Waals surface area contributed by atoms with Crippen molar-refractivity contribution >= 4 is 11.9 Å². The van der Waals surface area contributed by atoms with Crippen LogP contribution in [0.25, 0.3) is 5.69 Å². The predicted molar refractivity (Wildman–Crippen MR) is 104 cm³/mol. The Bertz CT molecular complexity index is 1110. The highest BCUT2D eigenvalue weighted by molar-refractivity contribution is 5.95. The fourth-order valence-electron chi connectivity index (χ4n) is 3.57. The van der Waals surface area contributed by atoms with E-state index in [1.54, 1.807) is 11.6 Å². The van der Waals surface area contributed by atoms with Crippen LogP contribution in [0.15, 0.2) is 48.5 Å². The number of halogens is 2. The van der Waals surface area contributed by atoms with Crippen molar-refractivity contribution in [3.8, 4) is 5.69 Å². The summed E-state index contributed by atoms with van der Waals surface area (Å²) in [4.78, 5) is 26.8. The molecule has 0 unspecified atom stereocenters. The van der Waals surface area contributed by atoms with Crippen LogP contribution in [0, 0.1) is 11.6 Å². The van der Waals surface area contributed by atoms with Gasteiger partial charge in [-0.25, -0.2) is 18.3 Å². The van der Waals surface area contributed by atoms with Crippen LogP contribution in [-0.4, -0.2) is 39.7 Å². The van der Waals surface area contributed by atoms with Crippen LogP contribution in [-0.2, 0) is 17.7 Å². The quantitative estimate of drug-likeness (QED) is 0.617. The van der Waals surface area contributed by atoms with Crippen molar-refractivity contribution < 1.29 is 23.1 Å². The number of hydrogen-bond acceptors (Lipinski definition) is 4. The van der Waals surface area contributed by atoms with Gasteiger partial charge >= 0.3 is 5.97 Å². The summed E-state index contributed by atoms with van der Waals surface area (Å²) in [6.07, 6.45) is 0.422. The molecule has 154 valence electrons. The first-order valence-electron chi connectivity index (χ1n) is 9.57. The van der Waals surface area contributed by atoms with Crippen molar-refractivity contribution in [2.75, 3.05) is 13.2 Å². The molecule has 0 radical (unpaired) electrons. The highest BCUT2D eigenvalue weighted by Crippen LogP contribution is 2.27. The summed E-state index contributed by atoms with van der Waals surface area (Å²) in [7, 11) is 0. The number of amides is 1. The number of esters is 1. The zero-order chi connectivity index (χ0) is 21.3. The summed E-state index contributed by atoms with van der Waals surface area (Å²) in [6, 6.07) is 12.2. The molecule has 0 saturated heterocycles. The molecule has 30 heavy (non-hydrogen) atoms. The Morgan fingerprint density at radius 1 is 1.13 bits per heavy atom. The van der Waals surface area contributed by atoms with Crippen molar-refractivity contribution in [1.82, 2.24) is 14.7 Å². The van der Waals surface area contributed by atoms with Crippen molar-refractivity contribution in [1.29, 1.82) is 0 Å². The van der Waals surface area contributed by atoms with Crippen LogP contribution in [0.3, 0.4) is 0 Å². The molecule has 0 N–H and O–H groups in total. The van der Waals surface area contributed by atoms with Crippen molar-refractivity contribution in [2.45, 2.75) is 19.9 Å². The molecule has 0 saturated carbocycles. The van der Waals surface area contributed by atoms with E-state index in [-0.39, 0.29) is 24.4 Å². The summed E-state index contributed by atoms with van der Waals surface area (Å²) in [6.45, 7) is 2.27. The summed E-state index contributed by atoms with van der Waals surface area (Å²) in [5, 5.41) is 4.46. The number of aromatic nitrogens is 2. The van der Waals surface area contributed by atoms with Crippen LogP contribution in [0.5, 0.6) is 0 Å². The molecule has 1 amide bonds. The molecule has 2 heterocycles. The van der Waals surface area contributed by atoms with Gasteiger partial charge in [0.1, 0.15) is 11.6 Å². The van der Waals surface area contributed by atoms with Crippen LogP contribution in [0.1, 0.15) is 39.0 Å². The summed E-state index contributed by atoms with van der Waals surface area (Å²) >= 11 is 0. The fraction of sp³-hybridized carbons (Fsp3) is 0.227. The SMILES string of the molecule is CCOC(=O)c1nn(-c2ccccc2)c2c1CN(C(=O)c1ccc(F)cc1F)CC2. The van der Waals surface area contributed by atoms with Crippen LogP contribution in [0.2, 0.25) is 0 Å². The minimum Gasteiger partial charge on any atom is -0.461 e. The number of carbonyl (C=O) groups is 2. The van der Waals surface area contributed by atoms with Gasteiger partial charge < -0.3 is 9.64 Å². The first kappa shape index (κ1) is 19.8. The summed E-state index contributed by atoms with van der Waals surface area (Å²) in [5.41, 5.74) is 2.07. The normalized spacial score (nSPS) is 13.1. The molecule has 4 rings (SSSR count). The largest absolute Gasteiger partial charge is 0.461 e.